The molecule has 2 heterocycles. The Morgan fingerprint density at radius 3 is 2.64 bits per heavy atom. The molecule has 1 amide bonds. The molecule has 0 fully saturated rings. The Kier molecular flexibility index (Phi) is 4.94. The average molecular weight is 390 g/mol. The van der Waals surface area contributed by atoms with E-state index in [9.17, 15) is 4.79 Å². The molecule has 0 bridgehead atoms. The van der Waals surface area contributed by atoms with Gasteiger partial charge in [0.15, 0.2) is 0 Å². The third kappa shape index (κ3) is 3.96. The van der Waals surface area contributed by atoms with Crippen LogP contribution < -0.4 is 10.6 Å². The van der Waals surface area contributed by atoms with Crippen molar-refractivity contribution >= 4 is 46.1 Å². The van der Waals surface area contributed by atoms with Gasteiger partial charge in [-0.15, -0.1) is 0 Å². The standard InChI is InChI=1S/C20H18N6OS/c1-13-11-19(24-20-17-5-3-4-6-18(17)21-12-22-20)26(25-13)28-16-9-7-15(8-10-16)23-14(2)27/h3-12H,1-2H3,(H,23,27)(H,21,22,24). The number of aromatic nitrogens is 4. The van der Waals surface area contributed by atoms with E-state index in [1.165, 1.54) is 18.9 Å². The van der Waals surface area contributed by atoms with Crippen LogP contribution in [-0.2, 0) is 4.79 Å². The first kappa shape index (κ1) is 18.0. The summed E-state index contributed by atoms with van der Waals surface area (Å²) in [6.45, 7) is 3.43. The van der Waals surface area contributed by atoms with Crippen LogP contribution in [-0.4, -0.2) is 25.1 Å². The molecule has 0 saturated heterocycles. The first-order chi connectivity index (χ1) is 13.6. The SMILES string of the molecule is CC(=O)Nc1ccc(Sn2nc(C)cc2Nc2ncnc3ccccc23)cc1. The van der Waals surface area contributed by atoms with Gasteiger partial charge in [0.25, 0.3) is 0 Å². The van der Waals surface area contributed by atoms with Crippen molar-refractivity contribution in [2.45, 2.75) is 18.7 Å². The second kappa shape index (κ2) is 7.69. The summed E-state index contributed by atoms with van der Waals surface area (Å²) in [4.78, 5) is 20.8. The van der Waals surface area contributed by atoms with E-state index in [0.29, 0.717) is 0 Å². The lowest BCUT2D eigenvalue weighted by Crippen LogP contribution is -2.05. The number of nitrogens with zero attached hydrogens (tertiary/aromatic N) is 4. The summed E-state index contributed by atoms with van der Waals surface area (Å²) >= 11 is 1.47. The maximum Gasteiger partial charge on any atom is 0.221 e. The number of hydrogen-bond acceptors (Lipinski definition) is 6. The molecule has 0 spiro atoms. The van der Waals surface area contributed by atoms with Gasteiger partial charge < -0.3 is 10.6 Å². The minimum atomic E-state index is -0.0910. The summed E-state index contributed by atoms with van der Waals surface area (Å²) in [5.41, 5.74) is 2.53. The molecule has 0 aliphatic carbocycles. The number of hydrogen-bond donors (Lipinski definition) is 2. The molecule has 2 N–H and O–H groups in total. The fraction of sp³-hybridized carbons (Fsp3) is 0.100. The van der Waals surface area contributed by atoms with Crippen molar-refractivity contribution in [1.29, 1.82) is 0 Å². The van der Waals surface area contributed by atoms with Gasteiger partial charge in [0.05, 0.1) is 11.2 Å². The van der Waals surface area contributed by atoms with Gasteiger partial charge in [0, 0.05) is 40.9 Å². The van der Waals surface area contributed by atoms with Crippen LogP contribution in [0, 0.1) is 6.92 Å². The monoisotopic (exact) mass is 390 g/mol. The molecule has 7 nitrogen and oxygen atoms in total. The fourth-order valence-electron chi connectivity index (χ4n) is 2.76. The Bertz CT molecular complexity index is 1130. The van der Waals surface area contributed by atoms with Gasteiger partial charge in [-0.05, 0) is 43.3 Å². The van der Waals surface area contributed by atoms with Crippen LogP contribution >= 0.6 is 11.9 Å². The predicted molar refractivity (Wildman–Crippen MR) is 112 cm³/mol. The molecule has 0 unspecified atom stereocenters. The molecular weight excluding hydrogens is 372 g/mol. The van der Waals surface area contributed by atoms with Gasteiger partial charge in [0.2, 0.25) is 5.91 Å². The van der Waals surface area contributed by atoms with E-state index in [2.05, 4.69) is 25.7 Å². The van der Waals surface area contributed by atoms with Gasteiger partial charge in [-0.3, -0.25) is 4.79 Å². The van der Waals surface area contributed by atoms with Gasteiger partial charge in [0.1, 0.15) is 18.0 Å². The molecule has 28 heavy (non-hydrogen) atoms. The third-order valence-corrected chi connectivity index (χ3v) is 4.89. The third-order valence-electron chi connectivity index (χ3n) is 3.96. The number of nitrogens with one attached hydrogen (secondary N) is 2. The smallest absolute Gasteiger partial charge is 0.221 e. The zero-order chi connectivity index (χ0) is 19.5. The van der Waals surface area contributed by atoms with E-state index in [1.807, 2.05) is 65.6 Å². The van der Waals surface area contributed by atoms with Crippen LogP contribution in [0.4, 0.5) is 17.3 Å². The molecule has 0 aliphatic heterocycles. The summed E-state index contributed by atoms with van der Waals surface area (Å²) in [6.07, 6.45) is 1.55. The number of rotatable bonds is 5. The molecule has 0 atom stereocenters. The summed E-state index contributed by atoms with van der Waals surface area (Å²) in [6, 6.07) is 17.4. The highest BCUT2D eigenvalue weighted by atomic mass is 32.2. The highest BCUT2D eigenvalue weighted by Crippen LogP contribution is 2.29. The van der Waals surface area contributed by atoms with Crippen LogP contribution in [0.1, 0.15) is 12.6 Å². The minimum Gasteiger partial charge on any atom is -0.326 e. The highest BCUT2D eigenvalue weighted by Gasteiger charge is 2.11. The van der Waals surface area contributed by atoms with Gasteiger partial charge in [-0.2, -0.15) is 9.19 Å². The van der Waals surface area contributed by atoms with Crippen molar-refractivity contribution in [3.63, 3.8) is 0 Å². The Morgan fingerprint density at radius 2 is 1.86 bits per heavy atom. The zero-order valence-electron chi connectivity index (χ0n) is 15.4. The van der Waals surface area contributed by atoms with E-state index in [4.69, 9.17) is 0 Å². The summed E-state index contributed by atoms with van der Waals surface area (Å²) < 4.78 is 1.82. The Balaban J connectivity index is 1.59. The number of aryl methyl sites for hydroxylation is 1. The molecule has 2 aromatic carbocycles. The maximum atomic E-state index is 11.2. The maximum absolute atomic E-state index is 11.2. The lowest BCUT2D eigenvalue weighted by Gasteiger charge is -2.10. The molecule has 0 radical (unpaired) electrons. The molecule has 140 valence electrons. The van der Waals surface area contributed by atoms with Crippen molar-refractivity contribution in [2.24, 2.45) is 0 Å². The van der Waals surface area contributed by atoms with E-state index in [0.717, 1.165) is 38.8 Å². The van der Waals surface area contributed by atoms with Gasteiger partial charge >= 0.3 is 0 Å². The van der Waals surface area contributed by atoms with Gasteiger partial charge in [-0.1, -0.05) is 12.1 Å². The average Bonchev–Trinajstić information content (AvgIpc) is 3.02. The molecule has 8 heteroatoms. The molecule has 0 saturated carbocycles. The van der Waals surface area contributed by atoms with Gasteiger partial charge in [-0.25, -0.2) is 9.97 Å². The molecule has 0 aliphatic rings. The number of anilines is 3. The minimum absolute atomic E-state index is 0.0910. The molecule has 4 aromatic rings. The van der Waals surface area contributed by atoms with Crippen molar-refractivity contribution < 1.29 is 4.79 Å². The van der Waals surface area contributed by atoms with E-state index < -0.39 is 0 Å². The van der Waals surface area contributed by atoms with Crippen LogP contribution in [0.3, 0.4) is 0 Å². The van der Waals surface area contributed by atoms with E-state index in [1.54, 1.807) is 6.33 Å². The fourth-order valence-corrected chi connectivity index (χ4v) is 3.58. The van der Waals surface area contributed by atoms with Crippen LogP contribution in [0.25, 0.3) is 10.9 Å². The lowest BCUT2D eigenvalue weighted by atomic mass is 10.2. The lowest BCUT2D eigenvalue weighted by molar-refractivity contribution is -0.114. The largest absolute Gasteiger partial charge is 0.326 e. The van der Waals surface area contributed by atoms with Crippen LogP contribution in [0.15, 0.2) is 65.8 Å². The number of amides is 1. The first-order valence-corrected chi connectivity index (χ1v) is 9.45. The second-order valence-electron chi connectivity index (χ2n) is 6.21. The Morgan fingerprint density at radius 1 is 1.07 bits per heavy atom. The topological polar surface area (TPSA) is 84.7 Å². The van der Waals surface area contributed by atoms with Crippen LogP contribution in [0.5, 0.6) is 0 Å². The quantitative estimate of drug-likeness (QED) is 0.526. The summed E-state index contributed by atoms with van der Waals surface area (Å²) in [5.74, 6) is 1.46. The van der Waals surface area contributed by atoms with Crippen molar-refractivity contribution in [3.05, 3.63) is 66.6 Å². The van der Waals surface area contributed by atoms with E-state index >= 15 is 0 Å². The highest BCUT2D eigenvalue weighted by molar-refractivity contribution is 7.97. The van der Waals surface area contributed by atoms with Crippen molar-refractivity contribution in [3.8, 4) is 0 Å². The summed E-state index contributed by atoms with van der Waals surface area (Å²) in [5, 5.41) is 11.6. The van der Waals surface area contributed by atoms with Crippen molar-refractivity contribution in [1.82, 2.24) is 19.2 Å². The normalized spacial score (nSPS) is 10.8. The number of para-hydroxylation sites is 1. The van der Waals surface area contributed by atoms with Crippen LogP contribution in [0.2, 0.25) is 0 Å². The first-order valence-electron chi connectivity index (χ1n) is 8.68. The zero-order valence-corrected chi connectivity index (χ0v) is 16.2. The van der Waals surface area contributed by atoms with Crippen molar-refractivity contribution in [2.75, 3.05) is 10.6 Å². The number of fused-ring (bicyclic) bond motifs is 1. The Hall–Kier alpha value is -3.39. The Labute approximate surface area is 166 Å². The number of benzene rings is 2. The molecular formula is C20H18N6OS. The van der Waals surface area contributed by atoms with E-state index in [-0.39, 0.29) is 5.91 Å². The summed E-state index contributed by atoms with van der Waals surface area (Å²) in [7, 11) is 0. The number of carbonyl (C=O) groups excluding carboxylic acids is 1. The molecule has 4 rings (SSSR count). The number of carbonyl (C=O) groups is 1. The molecule has 2 aromatic heterocycles. The predicted octanol–water partition coefficient (Wildman–Crippen LogP) is 4.39. The second-order valence-corrected chi connectivity index (χ2v) is 7.21.